The molecule has 1 aliphatic rings. The minimum absolute atomic E-state index is 0.0110. The second kappa shape index (κ2) is 8.02. The van der Waals surface area contributed by atoms with Gasteiger partial charge in [0.15, 0.2) is 11.4 Å². The number of hydrogen-bond donors (Lipinski definition) is 2. The van der Waals surface area contributed by atoms with E-state index in [1.807, 2.05) is 13.8 Å². The summed E-state index contributed by atoms with van der Waals surface area (Å²) in [6, 6.07) is 5.81. The first-order chi connectivity index (χ1) is 13.3. The molecule has 1 fully saturated rings. The fourth-order valence-corrected chi connectivity index (χ4v) is 3.23. The van der Waals surface area contributed by atoms with Crippen LogP contribution in [-0.4, -0.2) is 45.8 Å². The third-order valence-corrected chi connectivity index (χ3v) is 5.08. The van der Waals surface area contributed by atoms with Gasteiger partial charge in [-0.25, -0.2) is 14.4 Å². The van der Waals surface area contributed by atoms with E-state index >= 15 is 0 Å². The van der Waals surface area contributed by atoms with Gasteiger partial charge in [0.05, 0.1) is 0 Å². The molecule has 1 unspecified atom stereocenters. The molecule has 1 atom stereocenters. The smallest absolute Gasteiger partial charge is 0.274 e. The number of hydrogen-bond acceptors (Lipinski definition) is 5. The van der Waals surface area contributed by atoms with Crippen LogP contribution < -0.4 is 11.1 Å². The number of amides is 2. The highest BCUT2D eigenvalue weighted by Gasteiger charge is 2.37. The fraction of sp³-hybridized carbons (Fsp3) is 0.400. The number of likely N-dealkylation sites (tertiary alicyclic amines) is 1. The summed E-state index contributed by atoms with van der Waals surface area (Å²) in [5, 5.41) is 2.70. The number of benzene rings is 1. The van der Waals surface area contributed by atoms with Crippen LogP contribution in [0.5, 0.6) is 0 Å². The van der Waals surface area contributed by atoms with Gasteiger partial charge in [0, 0.05) is 38.1 Å². The van der Waals surface area contributed by atoms with Crippen molar-refractivity contribution >= 4 is 11.8 Å². The molecule has 8 heteroatoms. The molecule has 3 N–H and O–H groups in total. The molecular formula is C20H24FN5O2. The van der Waals surface area contributed by atoms with Gasteiger partial charge in [-0.3, -0.25) is 9.59 Å². The maximum absolute atomic E-state index is 13.0. The maximum Gasteiger partial charge on any atom is 0.274 e. The third kappa shape index (κ3) is 4.33. The first kappa shape index (κ1) is 19.9. The Morgan fingerprint density at radius 1 is 1.21 bits per heavy atom. The Bertz CT molecular complexity index is 869. The summed E-state index contributed by atoms with van der Waals surface area (Å²) in [6.45, 7) is 5.22. The van der Waals surface area contributed by atoms with Crippen LogP contribution in [0.15, 0.2) is 36.7 Å². The van der Waals surface area contributed by atoms with E-state index in [1.54, 1.807) is 17.0 Å². The predicted molar refractivity (Wildman–Crippen MR) is 102 cm³/mol. The molecule has 1 aliphatic heterocycles. The van der Waals surface area contributed by atoms with Gasteiger partial charge in [-0.2, -0.15) is 0 Å². The Balaban J connectivity index is 1.74. The lowest BCUT2D eigenvalue weighted by atomic mass is 9.79. The second-order valence-corrected chi connectivity index (χ2v) is 7.67. The monoisotopic (exact) mass is 385 g/mol. The number of nitrogens with one attached hydrogen (secondary N) is 1. The molecule has 0 radical (unpaired) electrons. The van der Waals surface area contributed by atoms with E-state index in [4.69, 9.17) is 5.73 Å². The molecule has 2 amide bonds. The summed E-state index contributed by atoms with van der Waals surface area (Å²) in [5.74, 6) is -1.19. The lowest BCUT2D eigenvalue weighted by Crippen LogP contribution is -2.54. The third-order valence-electron chi connectivity index (χ3n) is 5.08. The molecular weight excluding hydrogens is 361 g/mol. The van der Waals surface area contributed by atoms with Crippen LogP contribution in [0.4, 0.5) is 4.39 Å². The molecule has 1 saturated heterocycles. The van der Waals surface area contributed by atoms with Crippen LogP contribution in [0.1, 0.15) is 46.8 Å². The largest absolute Gasteiger partial charge is 0.347 e. The average molecular weight is 385 g/mol. The maximum atomic E-state index is 13.0. The number of rotatable bonds is 4. The number of aromatic nitrogens is 2. The molecule has 148 valence electrons. The number of piperidine rings is 1. The molecule has 0 aliphatic carbocycles. The normalized spacial score (nSPS) is 18.6. The second-order valence-electron chi connectivity index (χ2n) is 7.67. The first-order valence-corrected chi connectivity index (χ1v) is 9.16. The van der Waals surface area contributed by atoms with Gasteiger partial charge in [-0.15, -0.1) is 0 Å². The van der Waals surface area contributed by atoms with Crippen molar-refractivity contribution in [3.05, 3.63) is 59.4 Å². The topological polar surface area (TPSA) is 101 Å². The molecule has 0 saturated carbocycles. The van der Waals surface area contributed by atoms with Gasteiger partial charge in [-0.05, 0) is 29.5 Å². The number of carbonyl (C=O) groups is 2. The predicted octanol–water partition coefficient (Wildman–Crippen LogP) is 1.75. The summed E-state index contributed by atoms with van der Waals surface area (Å²) in [6.07, 6.45) is 3.45. The van der Waals surface area contributed by atoms with Crippen LogP contribution in [0.3, 0.4) is 0 Å². The van der Waals surface area contributed by atoms with Crippen molar-refractivity contribution in [2.24, 2.45) is 11.1 Å². The molecule has 2 aromatic rings. The Morgan fingerprint density at radius 3 is 2.50 bits per heavy atom. The van der Waals surface area contributed by atoms with Gasteiger partial charge in [0.2, 0.25) is 0 Å². The van der Waals surface area contributed by atoms with Crippen molar-refractivity contribution in [1.29, 1.82) is 0 Å². The number of halogens is 1. The quantitative estimate of drug-likeness (QED) is 0.835. The summed E-state index contributed by atoms with van der Waals surface area (Å²) in [4.78, 5) is 35.4. The molecule has 3 rings (SSSR count). The van der Waals surface area contributed by atoms with Crippen molar-refractivity contribution < 1.29 is 14.0 Å². The van der Waals surface area contributed by atoms with Crippen LogP contribution in [0, 0.1) is 11.2 Å². The SMILES string of the molecule is CC1(C)CN(C(=O)c2nccnc2C(=O)NCc2ccc(F)cc2)CCC1N. The Labute approximate surface area is 163 Å². The lowest BCUT2D eigenvalue weighted by molar-refractivity contribution is 0.0523. The summed E-state index contributed by atoms with van der Waals surface area (Å²) < 4.78 is 13.0. The van der Waals surface area contributed by atoms with Crippen LogP contribution in [0.2, 0.25) is 0 Å². The van der Waals surface area contributed by atoms with Gasteiger partial charge >= 0.3 is 0 Å². The number of nitrogens with two attached hydrogens (primary N) is 1. The average Bonchev–Trinajstić information content (AvgIpc) is 2.68. The van der Waals surface area contributed by atoms with Crippen molar-refractivity contribution in [2.45, 2.75) is 32.9 Å². The molecule has 0 bridgehead atoms. The molecule has 1 aromatic heterocycles. The molecule has 2 heterocycles. The summed E-state index contributed by atoms with van der Waals surface area (Å²) in [7, 11) is 0. The zero-order valence-corrected chi connectivity index (χ0v) is 16.0. The summed E-state index contributed by atoms with van der Waals surface area (Å²) in [5.41, 5.74) is 6.65. The fourth-order valence-electron chi connectivity index (χ4n) is 3.23. The van der Waals surface area contributed by atoms with E-state index in [0.717, 1.165) is 5.56 Å². The first-order valence-electron chi connectivity index (χ1n) is 9.16. The van der Waals surface area contributed by atoms with Crippen molar-refractivity contribution in [1.82, 2.24) is 20.2 Å². The zero-order valence-electron chi connectivity index (χ0n) is 16.0. The van der Waals surface area contributed by atoms with Gasteiger partial charge in [0.25, 0.3) is 11.8 Å². The zero-order chi connectivity index (χ0) is 20.3. The summed E-state index contributed by atoms with van der Waals surface area (Å²) >= 11 is 0. The molecule has 7 nitrogen and oxygen atoms in total. The van der Waals surface area contributed by atoms with Gasteiger partial charge < -0.3 is 16.0 Å². The Morgan fingerprint density at radius 2 is 1.86 bits per heavy atom. The van der Waals surface area contributed by atoms with Gasteiger partial charge in [-0.1, -0.05) is 26.0 Å². The van der Waals surface area contributed by atoms with Crippen LogP contribution >= 0.6 is 0 Å². The highest BCUT2D eigenvalue weighted by atomic mass is 19.1. The van der Waals surface area contributed by atoms with Crippen molar-refractivity contribution in [3.8, 4) is 0 Å². The van der Waals surface area contributed by atoms with E-state index in [-0.39, 0.29) is 41.1 Å². The number of carbonyl (C=O) groups excluding carboxylic acids is 2. The standard InChI is InChI=1S/C20H24FN5O2/c1-20(2)12-26(10-7-15(20)22)19(28)17-16(23-8-9-24-17)18(27)25-11-13-3-5-14(21)6-4-13/h3-6,8-9,15H,7,10-12,22H2,1-2H3,(H,25,27). The molecule has 1 aromatic carbocycles. The minimum atomic E-state index is -0.506. The minimum Gasteiger partial charge on any atom is -0.347 e. The molecule has 28 heavy (non-hydrogen) atoms. The van der Waals surface area contributed by atoms with E-state index < -0.39 is 5.91 Å². The molecule has 0 spiro atoms. The lowest BCUT2D eigenvalue weighted by Gasteiger charge is -2.42. The van der Waals surface area contributed by atoms with Crippen LogP contribution in [0.25, 0.3) is 0 Å². The highest BCUT2D eigenvalue weighted by molar-refractivity contribution is 6.04. The van der Waals surface area contributed by atoms with Crippen molar-refractivity contribution in [2.75, 3.05) is 13.1 Å². The highest BCUT2D eigenvalue weighted by Crippen LogP contribution is 2.28. The van der Waals surface area contributed by atoms with Gasteiger partial charge in [0.1, 0.15) is 5.82 Å². The van der Waals surface area contributed by atoms with E-state index in [1.165, 1.54) is 24.5 Å². The van der Waals surface area contributed by atoms with Crippen LogP contribution in [-0.2, 0) is 6.54 Å². The van der Waals surface area contributed by atoms with E-state index in [9.17, 15) is 14.0 Å². The van der Waals surface area contributed by atoms with Crippen molar-refractivity contribution in [3.63, 3.8) is 0 Å². The van der Waals surface area contributed by atoms with E-state index in [0.29, 0.717) is 19.5 Å². The Kier molecular flexibility index (Phi) is 5.69. The van der Waals surface area contributed by atoms with E-state index in [2.05, 4.69) is 15.3 Å². The Hall–Kier alpha value is -2.87. The number of nitrogens with zero attached hydrogens (tertiary/aromatic N) is 3.